The summed E-state index contributed by atoms with van der Waals surface area (Å²) in [7, 11) is 0. The molecule has 0 atom stereocenters. The average molecular weight is 212 g/mol. The van der Waals surface area contributed by atoms with Crippen LogP contribution in [0.1, 0.15) is 15.9 Å². The highest BCUT2D eigenvalue weighted by molar-refractivity contribution is 6.00. The van der Waals surface area contributed by atoms with Gasteiger partial charge in [-0.05, 0) is 18.6 Å². The number of rotatable bonds is 2. The molecule has 0 spiro atoms. The van der Waals surface area contributed by atoms with Crippen molar-refractivity contribution in [1.29, 1.82) is 0 Å². The number of carbonyl (C=O) groups excluding carboxylic acids is 1. The molecule has 0 fully saturated rings. The van der Waals surface area contributed by atoms with Crippen molar-refractivity contribution in [2.45, 2.75) is 6.92 Å². The number of carbonyl (C=O) groups is 1. The Morgan fingerprint density at radius 3 is 2.50 bits per heavy atom. The van der Waals surface area contributed by atoms with Crippen LogP contribution in [-0.4, -0.2) is 10.9 Å². The fourth-order valence-electron chi connectivity index (χ4n) is 1.68. The van der Waals surface area contributed by atoms with E-state index in [0.717, 1.165) is 11.1 Å². The maximum Gasteiger partial charge on any atom is 0.251 e. The van der Waals surface area contributed by atoms with E-state index in [2.05, 4.69) is 4.98 Å². The average Bonchev–Trinajstić information content (AvgIpc) is 2.29. The highest BCUT2D eigenvalue weighted by atomic mass is 16.1. The zero-order valence-electron chi connectivity index (χ0n) is 8.97. The van der Waals surface area contributed by atoms with Crippen molar-refractivity contribution >= 4 is 5.91 Å². The predicted octanol–water partition coefficient (Wildman–Crippen LogP) is 2.16. The number of hydrogen-bond acceptors (Lipinski definition) is 2. The van der Waals surface area contributed by atoms with Gasteiger partial charge in [0.15, 0.2) is 0 Å². The third-order valence-corrected chi connectivity index (χ3v) is 2.45. The molecule has 16 heavy (non-hydrogen) atoms. The van der Waals surface area contributed by atoms with Crippen molar-refractivity contribution in [3.8, 4) is 11.3 Å². The Bertz CT molecular complexity index is 521. The van der Waals surface area contributed by atoms with Crippen LogP contribution < -0.4 is 5.73 Å². The molecule has 0 aliphatic rings. The summed E-state index contributed by atoms with van der Waals surface area (Å²) in [6, 6.07) is 11.3. The van der Waals surface area contributed by atoms with Gasteiger partial charge in [0.1, 0.15) is 0 Å². The van der Waals surface area contributed by atoms with Gasteiger partial charge in [-0.1, -0.05) is 30.3 Å². The molecular formula is C13H12N2O. The predicted molar refractivity (Wildman–Crippen MR) is 62.9 cm³/mol. The highest BCUT2D eigenvalue weighted by Gasteiger charge is 2.13. The van der Waals surface area contributed by atoms with Crippen molar-refractivity contribution in [3.63, 3.8) is 0 Å². The lowest BCUT2D eigenvalue weighted by atomic mass is 10.0. The first kappa shape index (κ1) is 10.4. The number of primary amides is 1. The molecule has 1 aromatic heterocycles. The second kappa shape index (κ2) is 4.14. The molecule has 0 bridgehead atoms. The molecule has 2 aromatic rings. The number of nitrogens with two attached hydrogens (primary N) is 1. The van der Waals surface area contributed by atoms with Crippen LogP contribution in [0.15, 0.2) is 42.6 Å². The van der Waals surface area contributed by atoms with E-state index in [1.165, 1.54) is 0 Å². The normalized spacial score (nSPS) is 10.1. The van der Waals surface area contributed by atoms with Crippen LogP contribution in [0.4, 0.5) is 0 Å². The number of amides is 1. The fourth-order valence-corrected chi connectivity index (χ4v) is 1.68. The quantitative estimate of drug-likeness (QED) is 0.829. The Hall–Kier alpha value is -2.16. The molecule has 1 heterocycles. The van der Waals surface area contributed by atoms with E-state index in [9.17, 15) is 4.79 Å². The van der Waals surface area contributed by atoms with Crippen molar-refractivity contribution in [3.05, 3.63) is 53.7 Å². The van der Waals surface area contributed by atoms with Crippen molar-refractivity contribution in [1.82, 2.24) is 4.98 Å². The molecule has 0 saturated carbocycles. The first-order valence-electron chi connectivity index (χ1n) is 5.01. The van der Waals surface area contributed by atoms with Crippen molar-refractivity contribution < 1.29 is 4.79 Å². The van der Waals surface area contributed by atoms with Gasteiger partial charge in [-0.15, -0.1) is 0 Å². The number of pyridine rings is 1. The lowest BCUT2D eigenvalue weighted by Crippen LogP contribution is -2.15. The summed E-state index contributed by atoms with van der Waals surface area (Å²) in [6.07, 6.45) is 1.68. The molecule has 0 radical (unpaired) electrons. The minimum absolute atomic E-state index is 0.440. The lowest BCUT2D eigenvalue weighted by Gasteiger charge is -2.08. The van der Waals surface area contributed by atoms with Gasteiger partial charge in [-0.2, -0.15) is 0 Å². The van der Waals surface area contributed by atoms with E-state index < -0.39 is 5.91 Å². The minimum Gasteiger partial charge on any atom is -0.366 e. The summed E-state index contributed by atoms with van der Waals surface area (Å²) < 4.78 is 0. The molecule has 0 saturated heterocycles. The van der Waals surface area contributed by atoms with E-state index in [1.807, 2.05) is 37.3 Å². The monoisotopic (exact) mass is 212 g/mol. The van der Waals surface area contributed by atoms with Gasteiger partial charge in [-0.3, -0.25) is 9.78 Å². The van der Waals surface area contributed by atoms with E-state index in [4.69, 9.17) is 5.73 Å². The maximum atomic E-state index is 11.4. The molecule has 3 heteroatoms. The van der Waals surface area contributed by atoms with Gasteiger partial charge in [0.25, 0.3) is 5.91 Å². The van der Waals surface area contributed by atoms with Crippen molar-refractivity contribution in [2.24, 2.45) is 5.73 Å². The highest BCUT2D eigenvalue weighted by Crippen LogP contribution is 2.22. The van der Waals surface area contributed by atoms with Gasteiger partial charge in [0.2, 0.25) is 0 Å². The standard InChI is InChI=1S/C13H12N2O/c1-9-7-8-15-12(11(9)13(14)16)10-5-3-2-4-6-10/h2-8H,1H3,(H2,14,16). The SMILES string of the molecule is Cc1ccnc(-c2ccccc2)c1C(N)=O. The molecule has 2 rings (SSSR count). The largest absolute Gasteiger partial charge is 0.366 e. The number of aromatic nitrogens is 1. The van der Waals surface area contributed by atoms with E-state index in [-0.39, 0.29) is 0 Å². The van der Waals surface area contributed by atoms with Crippen LogP contribution in [0.3, 0.4) is 0 Å². The molecule has 1 aromatic carbocycles. The van der Waals surface area contributed by atoms with E-state index in [1.54, 1.807) is 12.3 Å². The molecule has 1 amide bonds. The Morgan fingerprint density at radius 2 is 1.88 bits per heavy atom. The molecule has 3 nitrogen and oxygen atoms in total. The molecule has 0 aliphatic carbocycles. The van der Waals surface area contributed by atoms with Gasteiger partial charge < -0.3 is 5.73 Å². The third kappa shape index (κ3) is 1.80. The van der Waals surface area contributed by atoms with Crippen LogP contribution in [0.2, 0.25) is 0 Å². The second-order valence-electron chi connectivity index (χ2n) is 3.58. The zero-order chi connectivity index (χ0) is 11.5. The maximum absolute atomic E-state index is 11.4. The van der Waals surface area contributed by atoms with E-state index >= 15 is 0 Å². The second-order valence-corrected chi connectivity index (χ2v) is 3.58. The summed E-state index contributed by atoms with van der Waals surface area (Å²) in [6.45, 7) is 1.86. The number of hydrogen-bond donors (Lipinski definition) is 1. The smallest absolute Gasteiger partial charge is 0.251 e. The van der Waals surface area contributed by atoms with Gasteiger partial charge in [-0.25, -0.2) is 0 Å². The first-order valence-corrected chi connectivity index (χ1v) is 5.01. The summed E-state index contributed by atoms with van der Waals surface area (Å²) >= 11 is 0. The summed E-state index contributed by atoms with van der Waals surface area (Å²) in [5, 5.41) is 0. The van der Waals surface area contributed by atoms with Crippen LogP contribution in [-0.2, 0) is 0 Å². The summed E-state index contributed by atoms with van der Waals surface area (Å²) in [5.74, 6) is -0.440. The van der Waals surface area contributed by atoms with E-state index in [0.29, 0.717) is 11.3 Å². The van der Waals surface area contributed by atoms with Gasteiger partial charge in [0, 0.05) is 11.8 Å². The van der Waals surface area contributed by atoms with Crippen LogP contribution in [0, 0.1) is 6.92 Å². The Morgan fingerprint density at radius 1 is 1.19 bits per heavy atom. The molecule has 0 aliphatic heterocycles. The third-order valence-electron chi connectivity index (χ3n) is 2.45. The number of nitrogens with zero attached hydrogens (tertiary/aromatic N) is 1. The van der Waals surface area contributed by atoms with Gasteiger partial charge >= 0.3 is 0 Å². The number of aryl methyl sites for hydroxylation is 1. The van der Waals surface area contributed by atoms with Crippen molar-refractivity contribution in [2.75, 3.05) is 0 Å². The van der Waals surface area contributed by atoms with Gasteiger partial charge in [0.05, 0.1) is 11.3 Å². The Labute approximate surface area is 93.9 Å². The summed E-state index contributed by atoms with van der Waals surface area (Å²) in [5.41, 5.74) is 8.27. The molecule has 80 valence electrons. The lowest BCUT2D eigenvalue weighted by molar-refractivity contribution is 0.1000. The number of benzene rings is 1. The fraction of sp³-hybridized carbons (Fsp3) is 0.0769. The van der Waals surface area contributed by atoms with Crippen LogP contribution in [0.25, 0.3) is 11.3 Å². The molecular weight excluding hydrogens is 200 g/mol. The Kier molecular flexibility index (Phi) is 2.68. The van der Waals surface area contributed by atoms with Crippen LogP contribution in [0.5, 0.6) is 0 Å². The van der Waals surface area contributed by atoms with Crippen LogP contribution >= 0.6 is 0 Å². The minimum atomic E-state index is -0.440. The summed E-state index contributed by atoms with van der Waals surface area (Å²) in [4.78, 5) is 15.6. The Balaban J connectivity index is 2.66. The molecule has 0 unspecified atom stereocenters. The first-order chi connectivity index (χ1) is 7.70. The zero-order valence-corrected chi connectivity index (χ0v) is 8.97. The molecule has 2 N–H and O–H groups in total. The topological polar surface area (TPSA) is 56.0 Å².